The van der Waals surface area contributed by atoms with Crippen molar-refractivity contribution in [3.05, 3.63) is 36.5 Å². The predicted octanol–water partition coefficient (Wildman–Crippen LogP) is 8.04. The molecule has 1 saturated carbocycles. The second kappa shape index (κ2) is 20.0. The van der Waals surface area contributed by atoms with Gasteiger partial charge in [-0.15, -0.1) is 0 Å². The van der Waals surface area contributed by atoms with Crippen LogP contribution in [-0.4, -0.2) is 64.5 Å². The van der Waals surface area contributed by atoms with E-state index in [1.807, 2.05) is 20.8 Å². The zero-order valence-corrected chi connectivity index (χ0v) is 30.2. The lowest BCUT2D eigenvalue weighted by Crippen LogP contribution is -2.65. The molecule has 0 aromatic heterocycles. The quantitative estimate of drug-likeness (QED) is 0.0896. The zero-order valence-electron chi connectivity index (χ0n) is 30.2. The normalized spacial score (nSPS) is 22.0. The lowest BCUT2D eigenvalue weighted by atomic mass is 9.70. The van der Waals surface area contributed by atoms with Crippen LogP contribution in [0.15, 0.2) is 36.5 Å². The van der Waals surface area contributed by atoms with Crippen LogP contribution < -0.4 is 11.1 Å². The van der Waals surface area contributed by atoms with Crippen molar-refractivity contribution in [3.63, 3.8) is 0 Å². The summed E-state index contributed by atoms with van der Waals surface area (Å²) in [6.07, 6.45) is 26.5. The predicted molar refractivity (Wildman–Crippen MR) is 189 cm³/mol. The molecule has 47 heavy (non-hydrogen) atoms. The fourth-order valence-corrected chi connectivity index (χ4v) is 7.05. The van der Waals surface area contributed by atoms with Gasteiger partial charge in [-0.25, -0.2) is 4.79 Å². The number of amides is 3. The van der Waals surface area contributed by atoms with Gasteiger partial charge in [0.2, 0.25) is 5.91 Å². The van der Waals surface area contributed by atoms with Crippen molar-refractivity contribution < 1.29 is 29.0 Å². The maximum Gasteiger partial charge on any atom is 0.315 e. The van der Waals surface area contributed by atoms with Crippen LogP contribution in [0.5, 0.6) is 0 Å². The van der Waals surface area contributed by atoms with Crippen LogP contribution in [0.2, 0.25) is 0 Å². The summed E-state index contributed by atoms with van der Waals surface area (Å²) in [7, 11) is 0. The van der Waals surface area contributed by atoms with Gasteiger partial charge in [-0.3, -0.25) is 9.59 Å². The molecule has 3 unspecified atom stereocenters. The second-order valence-electron chi connectivity index (χ2n) is 14.7. The van der Waals surface area contributed by atoms with E-state index >= 15 is 0 Å². The lowest BCUT2D eigenvalue weighted by molar-refractivity contribution is -0.304. The van der Waals surface area contributed by atoms with Crippen LogP contribution in [-0.2, 0) is 19.1 Å². The SMILES string of the molecule is CCC/C=C/C/C=C/C/C=C/CCCCCCC(C)N(C(N)=O)C1(C(CNC(=O)C2OC(C)(C)OCC2(C)C)C(=O)O)CCCCC1. The number of unbranched alkanes of at least 4 members (excludes halogenated alkanes) is 5. The molecule has 9 nitrogen and oxygen atoms in total. The van der Waals surface area contributed by atoms with Gasteiger partial charge in [0.1, 0.15) is 6.10 Å². The number of rotatable bonds is 20. The topological polar surface area (TPSA) is 131 Å². The molecule has 3 amide bonds. The van der Waals surface area contributed by atoms with E-state index in [-0.39, 0.29) is 18.5 Å². The van der Waals surface area contributed by atoms with Crippen LogP contribution in [0.25, 0.3) is 0 Å². The van der Waals surface area contributed by atoms with E-state index < -0.39 is 40.8 Å². The van der Waals surface area contributed by atoms with Crippen LogP contribution in [0.3, 0.4) is 0 Å². The Bertz CT molecular complexity index is 1060. The molecular formula is C38H65N3O6. The first kappa shape index (κ1) is 40.5. The Labute approximate surface area is 284 Å². The highest BCUT2D eigenvalue weighted by molar-refractivity contribution is 5.83. The number of primary amides is 1. The third kappa shape index (κ3) is 13.1. The first-order chi connectivity index (χ1) is 22.3. The van der Waals surface area contributed by atoms with Crippen molar-refractivity contribution >= 4 is 17.9 Å². The number of hydrogen-bond acceptors (Lipinski definition) is 5. The molecule has 0 bridgehead atoms. The van der Waals surface area contributed by atoms with Crippen molar-refractivity contribution in [2.24, 2.45) is 17.1 Å². The van der Waals surface area contributed by atoms with Gasteiger partial charge in [-0.1, -0.05) is 102 Å². The number of carbonyl (C=O) groups is 3. The fourth-order valence-electron chi connectivity index (χ4n) is 7.05. The van der Waals surface area contributed by atoms with Crippen molar-refractivity contribution in [2.75, 3.05) is 13.2 Å². The number of carboxylic acids is 1. The highest BCUT2D eigenvalue weighted by atomic mass is 16.7. The smallest absolute Gasteiger partial charge is 0.315 e. The number of nitrogens with zero attached hydrogens (tertiary/aromatic N) is 1. The Morgan fingerprint density at radius 3 is 2.11 bits per heavy atom. The molecule has 1 aliphatic heterocycles. The molecule has 2 aliphatic rings. The summed E-state index contributed by atoms with van der Waals surface area (Å²) in [6, 6.07) is -0.811. The summed E-state index contributed by atoms with van der Waals surface area (Å²) in [5, 5.41) is 13.4. The van der Waals surface area contributed by atoms with E-state index in [1.165, 1.54) is 6.42 Å². The molecule has 2 fully saturated rings. The number of allylic oxidation sites excluding steroid dienone is 6. The van der Waals surface area contributed by atoms with Crippen LogP contribution in [0, 0.1) is 11.3 Å². The number of carboxylic acid groups (broad SMARTS) is 1. The van der Waals surface area contributed by atoms with Gasteiger partial charge >= 0.3 is 12.0 Å². The van der Waals surface area contributed by atoms with E-state index in [0.717, 1.165) is 77.0 Å². The number of aliphatic carboxylic acids is 1. The van der Waals surface area contributed by atoms with Gasteiger partial charge in [0.25, 0.3) is 0 Å². The van der Waals surface area contributed by atoms with Crippen LogP contribution in [0.4, 0.5) is 4.79 Å². The molecule has 2 rings (SSSR count). The summed E-state index contributed by atoms with van der Waals surface area (Å²) in [6.45, 7) is 11.7. The minimum Gasteiger partial charge on any atom is -0.481 e. The van der Waals surface area contributed by atoms with E-state index in [0.29, 0.717) is 19.4 Å². The standard InChI is InChI=1S/C38H65N3O6/c1-7-8-9-10-11-12-13-14-15-16-17-18-19-20-22-25-30(2)41(35(39)45)38(26-23-21-24-27-38)31(34(43)44)28-40-33(42)32-36(3,4)29-46-37(5,6)47-32/h9-10,12-13,15-16,30-32H,7-8,11,14,17-29H2,1-6H3,(H2,39,45)(H,40,42)(H,43,44)/b10-9+,13-12+,16-15+. The molecule has 0 spiro atoms. The summed E-state index contributed by atoms with van der Waals surface area (Å²) in [5.41, 5.74) is 4.48. The summed E-state index contributed by atoms with van der Waals surface area (Å²) >= 11 is 0. The molecule has 1 saturated heterocycles. The van der Waals surface area contributed by atoms with Gasteiger partial charge < -0.3 is 30.5 Å². The van der Waals surface area contributed by atoms with Crippen molar-refractivity contribution in [2.45, 2.75) is 161 Å². The van der Waals surface area contributed by atoms with Gasteiger partial charge in [-0.05, 0) is 72.1 Å². The zero-order chi connectivity index (χ0) is 34.9. The highest BCUT2D eigenvalue weighted by Gasteiger charge is 2.52. The Hall–Kier alpha value is -2.65. The molecule has 4 N–H and O–H groups in total. The largest absolute Gasteiger partial charge is 0.481 e. The number of nitrogens with two attached hydrogens (primary N) is 1. The van der Waals surface area contributed by atoms with Gasteiger partial charge in [0.15, 0.2) is 5.79 Å². The first-order valence-electron chi connectivity index (χ1n) is 18.1. The van der Waals surface area contributed by atoms with Crippen LogP contribution in [0.1, 0.15) is 138 Å². The van der Waals surface area contributed by atoms with E-state index in [4.69, 9.17) is 15.2 Å². The average molecular weight is 660 g/mol. The molecular weight excluding hydrogens is 594 g/mol. The van der Waals surface area contributed by atoms with Gasteiger partial charge in [-0.2, -0.15) is 0 Å². The molecule has 0 radical (unpaired) electrons. The van der Waals surface area contributed by atoms with Crippen molar-refractivity contribution in [1.82, 2.24) is 10.2 Å². The Morgan fingerprint density at radius 1 is 0.915 bits per heavy atom. The maximum atomic E-state index is 13.4. The summed E-state index contributed by atoms with van der Waals surface area (Å²) in [5.74, 6) is -3.34. The third-order valence-corrected chi connectivity index (χ3v) is 9.69. The van der Waals surface area contributed by atoms with Gasteiger partial charge in [0.05, 0.1) is 18.1 Å². The van der Waals surface area contributed by atoms with Crippen molar-refractivity contribution in [1.29, 1.82) is 0 Å². The maximum absolute atomic E-state index is 13.4. The molecule has 3 atom stereocenters. The minimum absolute atomic E-state index is 0.110. The second-order valence-corrected chi connectivity index (χ2v) is 14.7. The number of ether oxygens (including phenoxy) is 2. The Balaban J connectivity index is 1.96. The van der Waals surface area contributed by atoms with Crippen molar-refractivity contribution in [3.8, 4) is 0 Å². The average Bonchev–Trinajstić information content (AvgIpc) is 3.00. The molecule has 0 aromatic carbocycles. The number of carbonyl (C=O) groups excluding carboxylic acids is 2. The highest BCUT2D eigenvalue weighted by Crippen LogP contribution is 2.42. The molecule has 9 heteroatoms. The van der Waals surface area contributed by atoms with Crippen LogP contribution >= 0.6 is 0 Å². The Morgan fingerprint density at radius 2 is 1.51 bits per heavy atom. The summed E-state index contributed by atoms with van der Waals surface area (Å²) < 4.78 is 11.7. The number of nitrogens with one attached hydrogen (secondary N) is 1. The fraction of sp³-hybridized carbons (Fsp3) is 0.763. The molecule has 268 valence electrons. The summed E-state index contributed by atoms with van der Waals surface area (Å²) in [4.78, 5) is 41.1. The Kier molecular flexibility index (Phi) is 17.2. The third-order valence-electron chi connectivity index (χ3n) is 9.69. The monoisotopic (exact) mass is 659 g/mol. The first-order valence-corrected chi connectivity index (χ1v) is 18.1. The molecule has 0 aromatic rings. The number of hydrogen-bond donors (Lipinski definition) is 3. The van der Waals surface area contributed by atoms with Gasteiger partial charge in [0, 0.05) is 18.0 Å². The van der Waals surface area contributed by atoms with E-state index in [1.54, 1.807) is 18.7 Å². The minimum atomic E-state index is -1.04. The molecule has 1 heterocycles. The lowest BCUT2D eigenvalue weighted by Gasteiger charge is -2.51. The van der Waals surface area contributed by atoms with E-state index in [9.17, 15) is 19.5 Å². The number of urea groups is 1. The molecule has 1 aliphatic carbocycles. The van der Waals surface area contributed by atoms with E-state index in [2.05, 4.69) is 48.7 Å².